The van der Waals surface area contributed by atoms with Crippen LogP contribution in [0.1, 0.15) is 42.8 Å². The Labute approximate surface area is 160 Å². The second kappa shape index (κ2) is 7.09. The van der Waals surface area contributed by atoms with Crippen molar-refractivity contribution in [2.45, 2.75) is 32.8 Å². The number of rotatable bonds is 4. The Kier molecular flexibility index (Phi) is 5.02. The van der Waals surface area contributed by atoms with Crippen LogP contribution in [-0.2, 0) is 16.8 Å². The molecule has 0 spiro atoms. The molecule has 0 atom stereocenters. The molecular weight excluding hydrogens is 377 g/mol. The summed E-state index contributed by atoms with van der Waals surface area (Å²) in [6, 6.07) is 5.07. The molecule has 0 saturated carbocycles. The lowest BCUT2D eigenvalue weighted by molar-refractivity contribution is 0.0462. The van der Waals surface area contributed by atoms with Crippen molar-refractivity contribution in [3.63, 3.8) is 0 Å². The van der Waals surface area contributed by atoms with Crippen molar-refractivity contribution < 1.29 is 9.53 Å². The molecule has 9 heteroatoms. The Balaban J connectivity index is 1.66. The number of hydrogen-bond acceptors (Lipinski definition) is 5. The van der Waals surface area contributed by atoms with Gasteiger partial charge >= 0.3 is 5.97 Å². The minimum atomic E-state index is -0.509. The molecule has 1 N–H and O–H groups in total. The molecule has 0 amide bonds. The third-order valence-corrected chi connectivity index (χ3v) is 4.27. The maximum absolute atomic E-state index is 12.2. The standard InChI is InChI=1S/C17H17Cl2N5O2/c1-17(2,3)16-21-14(22-23-16)9-26-15(25)10-7-20-24(8-10)11-4-5-12(18)13(19)6-11/h4-8H,9H2,1-3H3,(H,21,22,23). The van der Waals surface area contributed by atoms with Crippen molar-refractivity contribution in [1.29, 1.82) is 0 Å². The molecule has 0 saturated heterocycles. The smallest absolute Gasteiger partial charge is 0.341 e. The zero-order valence-electron chi connectivity index (χ0n) is 14.5. The molecular formula is C17H17Cl2N5O2. The lowest BCUT2D eigenvalue weighted by Crippen LogP contribution is -2.13. The molecule has 0 aliphatic carbocycles. The van der Waals surface area contributed by atoms with Crippen LogP contribution in [0.3, 0.4) is 0 Å². The van der Waals surface area contributed by atoms with Crippen LogP contribution in [0.2, 0.25) is 10.0 Å². The van der Waals surface area contributed by atoms with Crippen LogP contribution in [0.5, 0.6) is 0 Å². The van der Waals surface area contributed by atoms with E-state index in [1.54, 1.807) is 24.4 Å². The maximum atomic E-state index is 12.2. The topological polar surface area (TPSA) is 85.7 Å². The van der Waals surface area contributed by atoms with Gasteiger partial charge in [-0.2, -0.15) is 10.2 Å². The summed E-state index contributed by atoms with van der Waals surface area (Å²) in [5, 5.41) is 11.9. The summed E-state index contributed by atoms with van der Waals surface area (Å²) < 4.78 is 6.78. The molecule has 0 fully saturated rings. The Hall–Kier alpha value is -2.38. The summed E-state index contributed by atoms with van der Waals surface area (Å²) in [7, 11) is 0. The van der Waals surface area contributed by atoms with E-state index in [2.05, 4.69) is 20.3 Å². The van der Waals surface area contributed by atoms with Crippen LogP contribution in [0, 0.1) is 0 Å². The molecule has 0 aliphatic rings. The number of carbonyl (C=O) groups is 1. The Morgan fingerprint density at radius 2 is 2.04 bits per heavy atom. The third-order valence-electron chi connectivity index (χ3n) is 3.53. The van der Waals surface area contributed by atoms with E-state index in [1.807, 2.05) is 20.8 Å². The number of ether oxygens (including phenoxy) is 1. The van der Waals surface area contributed by atoms with Crippen molar-refractivity contribution >= 4 is 29.2 Å². The van der Waals surface area contributed by atoms with Gasteiger partial charge < -0.3 is 4.74 Å². The number of H-pyrrole nitrogens is 1. The minimum Gasteiger partial charge on any atom is -0.454 e. The van der Waals surface area contributed by atoms with E-state index in [1.165, 1.54) is 10.9 Å². The van der Waals surface area contributed by atoms with Gasteiger partial charge in [-0.3, -0.25) is 5.10 Å². The van der Waals surface area contributed by atoms with Crippen LogP contribution >= 0.6 is 23.2 Å². The highest BCUT2D eigenvalue weighted by Gasteiger charge is 2.20. The number of hydrogen-bond donors (Lipinski definition) is 1. The zero-order chi connectivity index (χ0) is 18.9. The Bertz CT molecular complexity index is 943. The monoisotopic (exact) mass is 393 g/mol. The first-order chi connectivity index (χ1) is 12.2. The first-order valence-corrected chi connectivity index (χ1v) is 8.58. The fourth-order valence-electron chi connectivity index (χ4n) is 2.11. The first-order valence-electron chi connectivity index (χ1n) is 7.83. The van der Waals surface area contributed by atoms with Crippen molar-refractivity contribution in [2.75, 3.05) is 0 Å². The van der Waals surface area contributed by atoms with Crippen LogP contribution < -0.4 is 0 Å². The molecule has 3 aromatic rings. The molecule has 0 unspecified atom stereocenters. The van der Waals surface area contributed by atoms with E-state index in [9.17, 15) is 4.79 Å². The average molecular weight is 394 g/mol. The molecule has 2 heterocycles. The fourth-order valence-corrected chi connectivity index (χ4v) is 2.40. The van der Waals surface area contributed by atoms with Gasteiger partial charge in [0.2, 0.25) is 0 Å². The van der Waals surface area contributed by atoms with Gasteiger partial charge in [-0.15, -0.1) is 0 Å². The first kappa shape index (κ1) is 18.4. The van der Waals surface area contributed by atoms with Gasteiger partial charge in [-0.05, 0) is 18.2 Å². The molecule has 1 aromatic carbocycles. The normalized spacial score (nSPS) is 11.6. The molecule has 0 aliphatic heterocycles. The Morgan fingerprint density at radius 3 is 2.69 bits per heavy atom. The van der Waals surface area contributed by atoms with Gasteiger partial charge in [0.25, 0.3) is 0 Å². The summed E-state index contributed by atoms with van der Waals surface area (Å²) >= 11 is 11.9. The van der Waals surface area contributed by atoms with Crippen molar-refractivity contribution in [2.24, 2.45) is 0 Å². The SMILES string of the molecule is CC(C)(C)c1n[nH]c(COC(=O)c2cnn(-c3ccc(Cl)c(Cl)c3)c2)n1. The highest BCUT2D eigenvalue weighted by molar-refractivity contribution is 6.42. The number of aromatic amines is 1. The van der Waals surface area contributed by atoms with Gasteiger partial charge in [-0.25, -0.2) is 14.5 Å². The molecule has 136 valence electrons. The van der Waals surface area contributed by atoms with Crippen molar-refractivity contribution in [1.82, 2.24) is 25.0 Å². The van der Waals surface area contributed by atoms with E-state index in [0.717, 1.165) is 0 Å². The van der Waals surface area contributed by atoms with Gasteiger partial charge in [0.15, 0.2) is 18.3 Å². The van der Waals surface area contributed by atoms with Crippen molar-refractivity contribution in [3.8, 4) is 5.69 Å². The van der Waals surface area contributed by atoms with E-state index >= 15 is 0 Å². The minimum absolute atomic E-state index is 0.000133. The summed E-state index contributed by atoms with van der Waals surface area (Å²) in [6.07, 6.45) is 2.98. The Morgan fingerprint density at radius 1 is 1.27 bits per heavy atom. The van der Waals surface area contributed by atoms with E-state index in [-0.39, 0.29) is 12.0 Å². The van der Waals surface area contributed by atoms with Crippen molar-refractivity contribution in [3.05, 3.63) is 57.9 Å². The van der Waals surface area contributed by atoms with Crippen LogP contribution in [0.4, 0.5) is 0 Å². The second-order valence-electron chi connectivity index (χ2n) is 6.70. The van der Waals surface area contributed by atoms with E-state index in [0.29, 0.717) is 32.9 Å². The van der Waals surface area contributed by atoms with Crippen LogP contribution in [0.15, 0.2) is 30.6 Å². The third kappa shape index (κ3) is 4.05. The molecule has 0 bridgehead atoms. The summed E-state index contributed by atoms with van der Waals surface area (Å²) in [4.78, 5) is 16.5. The number of aromatic nitrogens is 5. The highest BCUT2D eigenvalue weighted by Crippen LogP contribution is 2.24. The summed E-state index contributed by atoms with van der Waals surface area (Å²) in [6.45, 7) is 6.01. The van der Waals surface area contributed by atoms with Gasteiger partial charge in [0.1, 0.15) is 0 Å². The number of nitrogens with one attached hydrogen (secondary N) is 1. The lowest BCUT2D eigenvalue weighted by Gasteiger charge is -2.11. The van der Waals surface area contributed by atoms with Gasteiger partial charge in [0, 0.05) is 11.6 Å². The molecule has 3 rings (SSSR count). The zero-order valence-corrected chi connectivity index (χ0v) is 16.0. The predicted molar refractivity (Wildman–Crippen MR) is 97.8 cm³/mol. The number of halogens is 2. The van der Waals surface area contributed by atoms with Gasteiger partial charge in [-0.1, -0.05) is 44.0 Å². The number of benzene rings is 1. The maximum Gasteiger partial charge on any atom is 0.341 e. The van der Waals surface area contributed by atoms with Gasteiger partial charge in [0.05, 0.1) is 27.5 Å². The number of carbonyl (C=O) groups excluding carboxylic acids is 1. The second-order valence-corrected chi connectivity index (χ2v) is 7.52. The molecule has 2 aromatic heterocycles. The largest absolute Gasteiger partial charge is 0.454 e. The molecule has 26 heavy (non-hydrogen) atoms. The van der Waals surface area contributed by atoms with Crippen LogP contribution in [0.25, 0.3) is 5.69 Å². The predicted octanol–water partition coefficient (Wildman–Crippen LogP) is 3.95. The highest BCUT2D eigenvalue weighted by atomic mass is 35.5. The lowest BCUT2D eigenvalue weighted by atomic mass is 9.96. The molecule has 7 nitrogen and oxygen atoms in total. The number of esters is 1. The molecule has 0 radical (unpaired) electrons. The van der Waals surface area contributed by atoms with E-state index < -0.39 is 5.97 Å². The number of nitrogens with zero attached hydrogens (tertiary/aromatic N) is 4. The fraction of sp³-hybridized carbons (Fsp3) is 0.294. The average Bonchev–Trinajstić information content (AvgIpc) is 3.24. The van der Waals surface area contributed by atoms with E-state index in [4.69, 9.17) is 27.9 Å². The van der Waals surface area contributed by atoms with Crippen LogP contribution in [-0.4, -0.2) is 30.9 Å². The quantitative estimate of drug-likeness (QED) is 0.678. The summed E-state index contributed by atoms with van der Waals surface area (Å²) in [5.41, 5.74) is 0.815. The summed E-state index contributed by atoms with van der Waals surface area (Å²) in [5.74, 6) is 0.640.